The third-order valence-electron chi connectivity index (χ3n) is 5.51. The highest BCUT2D eigenvalue weighted by molar-refractivity contribution is 5.87. The summed E-state index contributed by atoms with van der Waals surface area (Å²) in [5, 5.41) is 27.1. The number of carbonyl (C=O) groups is 1. The van der Waals surface area contributed by atoms with Crippen LogP contribution in [0.4, 0.5) is 20.3 Å². The number of hydrogen-bond acceptors (Lipinski definition) is 6. The number of para-hydroxylation sites is 1. The maximum absolute atomic E-state index is 14.8. The highest BCUT2D eigenvalue weighted by atomic mass is 19.3. The van der Waals surface area contributed by atoms with E-state index in [0.29, 0.717) is 22.5 Å². The predicted molar refractivity (Wildman–Crippen MR) is 111 cm³/mol. The molecular formula is C22H20F2N4O3. The number of phenolic OH excluding ortho intramolecular Hbond substituents is 1. The van der Waals surface area contributed by atoms with Crippen LogP contribution in [0.1, 0.15) is 28.3 Å². The van der Waals surface area contributed by atoms with Crippen LogP contribution in [-0.4, -0.2) is 45.4 Å². The Morgan fingerprint density at radius 3 is 2.52 bits per heavy atom. The molecule has 7 nitrogen and oxygen atoms in total. The Labute approximate surface area is 176 Å². The van der Waals surface area contributed by atoms with Crippen molar-refractivity contribution < 1.29 is 23.8 Å². The Kier molecular flexibility index (Phi) is 5.18. The number of nitrogens with two attached hydrogens (primary N) is 1. The van der Waals surface area contributed by atoms with Gasteiger partial charge in [0.15, 0.2) is 5.82 Å². The van der Waals surface area contributed by atoms with Gasteiger partial charge in [-0.3, -0.25) is 0 Å². The molecule has 31 heavy (non-hydrogen) atoms. The number of nitrogen functional groups attached to an aromatic ring is 1. The van der Waals surface area contributed by atoms with Gasteiger partial charge in [0, 0.05) is 25.1 Å². The number of carboxylic acids is 1. The number of aromatic carboxylic acids is 1. The van der Waals surface area contributed by atoms with Crippen LogP contribution in [-0.2, 0) is 0 Å². The molecule has 9 heteroatoms. The second-order valence-electron chi connectivity index (χ2n) is 7.45. The van der Waals surface area contributed by atoms with Crippen molar-refractivity contribution in [3.63, 3.8) is 0 Å². The van der Waals surface area contributed by atoms with Gasteiger partial charge in [0.1, 0.15) is 5.75 Å². The lowest BCUT2D eigenvalue weighted by molar-refractivity contribution is -0.0423. The second-order valence-corrected chi connectivity index (χ2v) is 7.45. The minimum atomic E-state index is -2.96. The lowest BCUT2D eigenvalue weighted by Crippen LogP contribution is -2.46. The van der Waals surface area contributed by atoms with Crippen molar-refractivity contribution in [3.05, 3.63) is 65.7 Å². The van der Waals surface area contributed by atoms with Crippen molar-refractivity contribution in [1.82, 2.24) is 10.2 Å². The van der Waals surface area contributed by atoms with Crippen molar-refractivity contribution in [1.29, 1.82) is 0 Å². The first kappa shape index (κ1) is 20.5. The minimum Gasteiger partial charge on any atom is -0.507 e. The number of rotatable bonds is 4. The molecule has 2 heterocycles. The summed E-state index contributed by atoms with van der Waals surface area (Å²) >= 11 is 0. The number of carboxylic acid groups (broad SMARTS) is 1. The van der Waals surface area contributed by atoms with E-state index in [0.717, 1.165) is 0 Å². The standard InChI is InChI=1S/C22H20F2N4O3/c23-22(24)9-10-28(12-16(22)13-5-7-14(8-6-13)21(30)31)18-11-17(26-27-20(18)25)15-3-1-2-4-19(15)29/h1-8,11,16,29H,9-10,12H2,(H2,25,27)(H,30,31)/t16-/m0/s1. The van der Waals surface area contributed by atoms with Crippen LogP contribution in [0, 0.1) is 0 Å². The van der Waals surface area contributed by atoms with Gasteiger partial charge in [0.25, 0.3) is 5.92 Å². The molecule has 1 aliphatic rings. The molecule has 0 bridgehead atoms. The van der Waals surface area contributed by atoms with Crippen molar-refractivity contribution in [2.75, 3.05) is 23.7 Å². The van der Waals surface area contributed by atoms with Crippen molar-refractivity contribution in [2.45, 2.75) is 18.3 Å². The summed E-state index contributed by atoms with van der Waals surface area (Å²) in [6.45, 7) is 0.0301. The monoisotopic (exact) mass is 426 g/mol. The molecule has 1 atom stereocenters. The third-order valence-corrected chi connectivity index (χ3v) is 5.51. The van der Waals surface area contributed by atoms with Gasteiger partial charge in [-0.15, -0.1) is 10.2 Å². The van der Waals surface area contributed by atoms with Crippen molar-refractivity contribution >= 4 is 17.5 Å². The van der Waals surface area contributed by atoms with E-state index >= 15 is 0 Å². The minimum absolute atomic E-state index is 0.0223. The van der Waals surface area contributed by atoms with Crippen LogP contribution < -0.4 is 10.6 Å². The van der Waals surface area contributed by atoms with E-state index in [1.54, 1.807) is 29.2 Å². The highest BCUT2D eigenvalue weighted by Gasteiger charge is 2.45. The largest absolute Gasteiger partial charge is 0.507 e. The molecule has 0 saturated carbocycles. The molecule has 0 unspecified atom stereocenters. The summed E-state index contributed by atoms with van der Waals surface area (Å²) in [6, 6.07) is 13.7. The number of aromatic nitrogens is 2. The van der Waals surface area contributed by atoms with Gasteiger partial charge in [-0.1, -0.05) is 24.3 Å². The van der Waals surface area contributed by atoms with E-state index in [9.17, 15) is 18.7 Å². The van der Waals surface area contributed by atoms with Gasteiger partial charge in [-0.25, -0.2) is 13.6 Å². The van der Waals surface area contributed by atoms with Crippen LogP contribution in [0.2, 0.25) is 0 Å². The predicted octanol–water partition coefficient (Wildman–Crippen LogP) is 3.76. The van der Waals surface area contributed by atoms with Gasteiger partial charge >= 0.3 is 5.97 Å². The molecule has 4 N–H and O–H groups in total. The number of halogens is 2. The summed E-state index contributed by atoms with van der Waals surface area (Å²) in [7, 11) is 0. The van der Waals surface area contributed by atoms with Crippen LogP contribution in [0.3, 0.4) is 0 Å². The average Bonchev–Trinajstić information content (AvgIpc) is 2.75. The number of piperidine rings is 1. The number of anilines is 2. The summed E-state index contributed by atoms with van der Waals surface area (Å²) in [6.07, 6.45) is -0.397. The topological polar surface area (TPSA) is 113 Å². The number of benzene rings is 2. The zero-order valence-electron chi connectivity index (χ0n) is 16.4. The molecule has 1 aliphatic heterocycles. The molecule has 1 aromatic heterocycles. The zero-order valence-corrected chi connectivity index (χ0v) is 16.4. The van der Waals surface area contributed by atoms with Gasteiger partial charge < -0.3 is 20.8 Å². The van der Waals surface area contributed by atoms with Crippen LogP contribution in [0.15, 0.2) is 54.6 Å². The van der Waals surface area contributed by atoms with Crippen LogP contribution >= 0.6 is 0 Å². The van der Waals surface area contributed by atoms with Gasteiger partial charge in [-0.2, -0.15) is 0 Å². The summed E-state index contributed by atoms with van der Waals surface area (Å²) < 4.78 is 29.5. The van der Waals surface area contributed by atoms with E-state index in [1.165, 1.54) is 30.3 Å². The molecular weight excluding hydrogens is 406 g/mol. The number of aromatic hydroxyl groups is 1. The van der Waals surface area contributed by atoms with Gasteiger partial charge in [0.2, 0.25) is 0 Å². The average molecular weight is 426 g/mol. The lowest BCUT2D eigenvalue weighted by Gasteiger charge is -2.40. The zero-order chi connectivity index (χ0) is 22.2. The van der Waals surface area contributed by atoms with Crippen LogP contribution in [0.5, 0.6) is 5.75 Å². The third kappa shape index (κ3) is 3.98. The van der Waals surface area contributed by atoms with Crippen molar-refractivity contribution in [2.24, 2.45) is 0 Å². The van der Waals surface area contributed by atoms with Crippen molar-refractivity contribution in [3.8, 4) is 17.0 Å². The summed E-state index contributed by atoms with van der Waals surface area (Å²) in [5.41, 5.74) is 7.68. The molecule has 160 valence electrons. The molecule has 0 aliphatic carbocycles. The molecule has 0 spiro atoms. The fourth-order valence-corrected chi connectivity index (χ4v) is 3.80. The fraction of sp³-hybridized carbons (Fsp3) is 0.227. The smallest absolute Gasteiger partial charge is 0.335 e. The summed E-state index contributed by atoms with van der Waals surface area (Å²) in [4.78, 5) is 12.8. The first-order valence-electron chi connectivity index (χ1n) is 9.64. The molecule has 1 saturated heterocycles. The Hall–Kier alpha value is -3.75. The molecule has 2 aromatic carbocycles. The Morgan fingerprint density at radius 1 is 1.13 bits per heavy atom. The number of alkyl halides is 2. The molecule has 0 amide bonds. The Morgan fingerprint density at radius 2 is 1.84 bits per heavy atom. The van der Waals surface area contributed by atoms with Gasteiger partial charge in [0.05, 0.1) is 22.9 Å². The van der Waals surface area contributed by atoms with E-state index in [1.807, 2.05) is 0 Å². The molecule has 0 radical (unpaired) electrons. The Balaban J connectivity index is 1.67. The fourth-order valence-electron chi connectivity index (χ4n) is 3.80. The number of nitrogens with zero attached hydrogens (tertiary/aromatic N) is 3. The van der Waals surface area contributed by atoms with E-state index in [4.69, 9.17) is 10.8 Å². The summed E-state index contributed by atoms with van der Waals surface area (Å²) in [5.74, 6) is -5.10. The SMILES string of the molecule is Nc1nnc(-c2ccccc2O)cc1N1CCC(F)(F)[C@H](c2ccc(C(=O)O)cc2)C1. The van der Waals surface area contributed by atoms with Gasteiger partial charge in [-0.05, 0) is 35.9 Å². The quantitative estimate of drug-likeness (QED) is 0.582. The van der Waals surface area contributed by atoms with E-state index in [-0.39, 0.29) is 30.2 Å². The second kappa shape index (κ2) is 7.82. The lowest BCUT2D eigenvalue weighted by atomic mass is 9.86. The highest BCUT2D eigenvalue weighted by Crippen LogP contribution is 2.43. The number of hydrogen-bond donors (Lipinski definition) is 3. The maximum Gasteiger partial charge on any atom is 0.335 e. The first-order valence-corrected chi connectivity index (χ1v) is 9.64. The molecule has 4 rings (SSSR count). The molecule has 3 aromatic rings. The van der Waals surface area contributed by atoms with Crippen LogP contribution in [0.25, 0.3) is 11.3 Å². The Bertz CT molecular complexity index is 1120. The van der Waals surface area contributed by atoms with E-state index in [2.05, 4.69) is 10.2 Å². The first-order chi connectivity index (χ1) is 14.8. The van der Waals surface area contributed by atoms with E-state index < -0.39 is 24.2 Å². The maximum atomic E-state index is 14.8. The number of phenols is 1. The molecule has 1 fully saturated rings. The normalized spacial score (nSPS) is 18.0.